The molecule has 1 amide bonds. The normalized spacial score (nSPS) is 29.4. The second-order valence-corrected chi connectivity index (χ2v) is 7.42. The van der Waals surface area contributed by atoms with Crippen molar-refractivity contribution in [1.29, 1.82) is 0 Å². The number of fused-ring (bicyclic) bond motifs is 3. The van der Waals surface area contributed by atoms with Crippen LogP contribution in [0.2, 0.25) is 0 Å². The summed E-state index contributed by atoms with van der Waals surface area (Å²) in [7, 11) is 0. The highest BCUT2D eigenvalue weighted by atomic mass is 32.1. The van der Waals surface area contributed by atoms with Crippen LogP contribution >= 0.6 is 11.3 Å². The minimum atomic E-state index is -0.0456. The lowest BCUT2D eigenvalue weighted by Crippen LogP contribution is -2.62. The Bertz CT molecular complexity index is 692. The van der Waals surface area contributed by atoms with Gasteiger partial charge < -0.3 is 5.32 Å². The van der Waals surface area contributed by atoms with Crippen molar-refractivity contribution < 1.29 is 4.79 Å². The van der Waals surface area contributed by atoms with E-state index in [0.29, 0.717) is 17.0 Å². The molecule has 0 aromatic carbocycles. The quantitative estimate of drug-likeness (QED) is 0.940. The summed E-state index contributed by atoms with van der Waals surface area (Å²) in [6, 6.07) is 4.54. The van der Waals surface area contributed by atoms with Crippen LogP contribution in [0, 0.1) is 5.92 Å². The van der Waals surface area contributed by atoms with Crippen molar-refractivity contribution in [2.45, 2.75) is 31.8 Å². The molecule has 3 aliphatic heterocycles. The third-order valence-electron chi connectivity index (χ3n) is 5.12. The maximum absolute atomic E-state index is 12.6. The van der Waals surface area contributed by atoms with Gasteiger partial charge in [0.15, 0.2) is 5.01 Å². The van der Waals surface area contributed by atoms with E-state index in [-0.39, 0.29) is 11.9 Å². The largest absolute Gasteiger partial charge is 0.345 e. The lowest BCUT2D eigenvalue weighted by Gasteiger charge is -2.49. The Morgan fingerprint density at radius 3 is 2.87 bits per heavy atom. The Kier molecular flexibility index (Phi) is 3.87. The Morgan fingerprint density at radius 1 is 1.35 bits per heavy atom. The van der Waals surface area contributed by atoms with Gasteiger partial charge in [0.1, 0.15) is 0 Å². The molecule has 0 aliphatic carbocycles. The summed E-state index contributed by atoms with van der Waals surface area (Å²) in [5, 5.41) is 3.77. The molecule has 0 radical (unpaired) electrons. The third-order valence-corrected chi connectivity index (χ3v) is 6.17. The van der Waals surface area contributed by atoms with Gasteiger partial charge in [-0.05, 0) is 44.8 Å². The van der Waals surface area contributed by atoms with Crippen LogP contribution in [0.25, 0.3) is 10.4 Å². The molecule has 2 aromatic heterocycles. The maximum atomic E-state index is 12.6. The Labute approximate surface area is 139 Å². The lowest BCUT2D eigenvalue weighted by atomic mass is 9.79. The number of carbonyl (C=O) groups is 1. The highest BCUT2D eigenvalue weighted by Crippen LogP contribution is 2.32. The van der Waals surface area contributed by atoms with Crippen LogP contribution in [0.4, 0.5) is 0 Å². The molecule has 5 nitrogen and oxygen atoms in total. The van der Waals surface area contributed by atoms with Gasteiger partial charge in [-0.3, -0.25) is 14.7 Å². The SMILES string of the molecule is CC1C(NC(=O)c2ncc(-c3cccnc3)s2)C2CCN1CC2. The molecule has 5 heterocycles. The third kappa shape index (κ3) is 2.77. The van der Waals surface area contributed by atoms with Gasteiger partial charge in [-0.15, -0.1) is 11.3 Å². The topological polar surface area (TPSA) is 58.1 Å². The van der Waals surface area contributed by atoms with Crippen molar-refractivity contribution >= 4 is 17.2 Å². The fourth-order valence-corrected chi connectivity index (χ4v) is 4.59. The summed E-state index contributed by atoms with van der Waals surface area (Å²) in [5.41, 5.74) is 1.00. The summed E-state index contributed by atoms with van der Waals surface area (Å²) < 4.78 is 0. The number of carbonyl (C=O) groups excluding carboxylic acids is 1. The molecule has 0 spiro atoms. The second kappa shape index (κ2) is 6.02. The van der Waals surface area contributed by atoms with Crippen molar-refractivity contribution in [1.82, 2.24) is 20.2 Å². The zero-order valence-corrected chi connectivity index (χ0v) is 13.9. The maximum Gasteiger partial charge on any atom is 0.280 e. The van der Waals surface area contributed by atoms with Crippen LogP contribution in [0.5, 0.6) is 0 Å². The lowest BCUT2D eigenvalue weighted by molar-refractivity contribution is 0.0217. The van der Waals surface area contributed by atoms with Gasteiger partial charge in [0.05, 0.1) is 4.88 Å². The highest BCUT2D eigenvalue weighted by molar-refractivity contribution is 7.16. The first-order valence-electron chi connectivity index (χ1n) is 8.13. The Hall–Kier alpha value is -1.79. The molecule has 2 unspecified atom stereocenters. The number of pyridine rings is 1. The first-order valence-corrected chi connectivity index (χ1v) is 8.95. The number of amides is 1. The summed E-state index contributed by atoms with van der Waals surface area (Å²) in [4.78, 5) is 24.5. The molecule has 23 heavy (non-hydrogen) atoms. The van der Waals surface area contributed by atoms with Gasteiger partial charge in [0.25, 0.3) is 5.91 Å². The average molecular weight is 328 g/mol. The van der Waals surface area contributed by atoms with E-state index in [0.717, 1.165) is 10.4 Å². The van der Waals surface area contributed by atoms with Crippen LogP contribution in [-0.4, -0.2) is 45.9 Å². The van der Waals surface area contributed by atoms with E-state index in [1.165, 1.54) is 37.3 Å². The first kappa shape index (κ1) is 14.8. The van der Waals surface area contributed by atoms with E-state index in [9.17, 15) is 4.79 Å². The molecule has 2 aromatic rings. The minimum Gasteiger partial charge on any atom is -0.345 e. The predicted octanol–water partition coefficient (Wildman–Crippen LogP) is 2.42. The van der Waals surface area contributed by atoms with Crippen molar-refractivity contribution in [3.63, 3.8) is 0 Å². The molecule has 3 fully saturated rings. The highest BCUT2D eigenvalue weighted by Gasteiger charge is 2.40. The number of rotatable bonds is 3. The van der Waals surface area contributed by atoms with Crippen LogP contribution in [0.3, 0.4) is 0 Å². The van der Waals surface area contributed by atoms with Gasteiger partial charge in [0, 0.05) is 36.2 Å². The van der Waals surface area contributed by atoms with Crippen molar-refractivity contribution in [2.24, 2.45) is 5.92 Å². The molecule has 6 heteroatoms. The zero-order valence-electron chi connectivity index (χ0n) is 13.1. The summed E-state index contributed by atoms with van der Waals surface area (Å²) in [6.45, 7) is 4.56. The van der Waals surface area contributed by atoms with Crippen molar-refractivity contribution in [2.75, 3.05) is 13.1 Å². The number of thiazole rings is 1. The molecular formula is C17H20N4OS. The molecular weight excluding hydrogens is 308 g/mol. The Balaban J connectivity index is 1.49. The van der Waals surface area contributed by atoms with Crippen LogP contribution in [-0.2, 0) is 0 Å². The minimum absolute atomic E-state index is 0.0456. The standard InChI is InChI=1S/C17H20N4OS/c1-11-15(12-4-7-21(11)8-5-12)20-16(22)17-19-10-14(23-17)13-3-2-6-18-9-13/h2-3,6,9-12,15H,4-5,7-8H2,1H3,(H,20,22). The van der Waals surface area contributed by atoms with Gasteiger partial charge in [-0.2, -0.15) is 0 Å². The number of hydrogen-bond acceptors (Lipinski definition) is 5. The molecule has 0 saturated carbocycles. The predicted molar refractivity (Wildman–Crippen MR) is 90.4 cm³/mol. The number of hydrogen-bond donors (Lipinski definition) is 1. The summed E-state index contributed by atoms with van der Waals surface area (Å²) >= 11 is 1.43. The van der Waals surface area contributed by atoms with E-state index < -0.39 is 0 Å². The molecule has 120 valence electrons. The smallest absolute Gasteiger partial charge is 0.280 e. The van der Waals surface area contributed by atoms with Crippen LogP contribution < -0.4 is 5.32 Å². The number of aromatic nitrogens is 2. The van der Waals surface area contributed by atoms with E-state index in [1.807, 2.05) is 12.1 Å². The molecule has 3 saturated heterocycles. The molecule has 5 rings (SSSR count). The fraction of sp³-hybridized carbons (Fsp3) is 0.471. The molecule has 3 aliphatic rings. The van der Waals surface area contributed by atoms with E-state index >= 15 is 0 Å². The van der Waals surface area contributed by atoms with Crippen molar-refractivity contribution in [3.8, 4) is 10.4 Å². The second-order valence-electron chi connectivity index (χ2n) is 6.38. The fourth-order valence-electron chi connectivity index (χ4n) is 3.78. The van der Waals surface area contributed by atoms with E-state index in [2.05, 4.69) is 27.1 Å². The van der Waals surface area contributed by atoms with Gasteiger partial charge >= 0.3 is 0 Å². The van der Waals surface area contributed by atoms with E-state index in [1.54, 1.807) is 18.6 Å². The van der Waals surface area contributed by atoms with Crippen LogP contribution in [0.1, 0.15) is 29.6 Å². The Morgan fingerprint density at radius 2 is 2.17 bits per heavy atom. The molecule has 2 bridgehead atoms. The van der Waals surface area contributed by atoms with Crippen LogP contribution in [0.15, 0.2) is 30.7 Å². The number of nitrogens with one attached hydrogen (secondary N) is 1. The van der Waals surface area contributed by atoms with Crippen molar-refractivity contribution in [3.05, 3.63) is 35.7 Å². The number of nitrogens with zero attached hydrogens (tertiary/aromatic N) is 3. The average Bonchev–Trinajstić information content (AvgIpc) is 3.09. The number of piperidine rings is 3. The summed E-state index contributed by atoms with van der Waals surface area (Å²) in [5.74, 6) is 0.562. The monoisotopic (exact) mass is 328 g/mol. The molecule has 2 atom stereocenters. The van der Waals surface area contributed by atoms with Gasteiger partial charge in [-0.1, -0.05) is 6.07 Å². The zero-order chi connectivity index (χ0) is 15.8. The van der Waals surface area contributed by atoms with Gasteiger partial charge in [-0.25, -0.2) is 4.98 Å². The summed E-state index contributed by atoms with van der Waals surface area (Å²) in [6.07, 6.45) is 7.68. The molecule has 1 N–H and O–H groups in total. The van der Waals surface area contributed by atoms with Gasteiger partial charge in [0.2, 0.25) is 0 Å². The first-order chi connectivity index (χ1) is 11.2. The van der Waals surface area contributed by atoms with E-state index in [4.69, 9.17) is 0 Å².